The first kappa shape index (κ1) is 14.1. The molecule has 1 amide bonds. The molecule has 1 aromatic heterocycles. The van der Waals surface area contributed by atoms with Crippen LogP contribution in [0.5, 0.6) is 0 Å². The van der Waals surface area contributed by atoms with Gasteiger partial charge in [0.25, 0.3) is 10.0 Å². The minimum absolute atomic E-state index is 0.0255. The summed E-state index contributed by atoms with van der Waals surface area (Å²) in [5.41, 5.74) is 4.88. The molecule has 1 heterocycles. The summed E-state index contributed by atoms with van der Waals surface area (Å²) < 4.78 is 25.9. The topological polar surface area (TPSA) is 115 Å². The average molecular weight is 317 g/mol. The van der Waals surface area contributed by atoms with Gasteiger partial charge in [-0.15, -0.1) is 0 Å². The molecule has 0 saturated carbocycles. The highest BCUT2D eigenvalue weighted by Gasteiger charge is 2.22. The second kappa shape index (κ2) is 4.85. The van der Waals surface area contributed by atoms with Crippen LogP contribution in [0.3, 0.4) is 0 Å². The number of amides is 1. The zero-order chi connectivity index (χ0) is 15.9. The lowest BCUT2D eigenvalue weighted by Gasteiger charge is -2.06. The van der Waals surface area contributed by atoms with E-state index in [1.54, 1.807) is 18.2 Å². The van der Waals surface area contributed by atoms with E-state index in [0.717, 1.165) is 0 Å². The van der Waals surface area contributed by atoms with Crippen molar-refractivity contribution < 1.29 is 13.2 Å². The van der Waals surface area contributed by atoms with E-state index in [1.807, 2.05) is 0 Å². The Morgan fingerprint density at radius 1 is 1.09 bits per heavy atom. The largest absolute Gasteiger partial charge is 0.366 e. The number of hydrogen-bond donors (Lipinski definition) is 2. The molecule has 0 aliphatic rings. The number of carbonyl (C=O) groups excluding carboxylic acids is 1. The van der Waals surface area contributed by atoms with Crippen molar-refractivity contribution in [3.63, 3.8) is 0 Å². The van der Waals surface area contributed by atoms with Crippen molar-refractivity contribution in [2.75, 3.05) is 0 Å². The number of nitrogens with two attached hydrogens (primary N) is 1. The predicted octanol–water partition coefficient (Wildman–Crippen LogP) is 0.665. The number of rotatable bonds is 3. The van der Waals surface area contributed by atoms with Gasteiger partial charge in [0, 0.05) is 5.56 Å². The van der Waals surface area contributed by atoms with Gasteiger partial charge in [-0.1, -0.05) is 18.2 Å². The summed E-state index contributed by atoms with van der Waals surface area (Å²) in [7, 11) is -4.07. The van der Waals surface area contributed by atoms with Gasteiger partial charge in [-0.25, -0.2) is 13.2 Å². The van der Waals surface area contributed by atoms with Crippen molar-refractivity contribution in [2.45, 2.75) is 4.90 Å². The van der Waals surface area contributed by atoms with Crippen molar-refractivity contribution in [1.82, 2.24) is 8.96 Å². The number of nitrogens with zero attached hydrogens (tertiary/aromatic N) is 1. The molecule has 0 unspecified atom stereocenters. The fourth-order valence-corrected chi connectivity index (χ4v) is 3.56. The number of imidazole rings is 1. The summed E-state index contributed by atoms with van der Waals surface area (Å²) in [6.07, 6.45) is 0. The third-order valence-corrected chi connectivity index (χ3v) is 4.92. The van der Waals surface area contributed by atoms with E-state index in [0.29, 0.717) is 9.49 Å². The Labute approximate surface area is 125 Å². The summed E-state index contributed by atoms with van der Waals surface area (Å²) in [6, 6.07) is 11.7. The summed E-state index contributed by atoms with van der Waals surface area (Å²) >= 11 is 0. The van der Waals surface area contributed by atoms with Gasteiger partial charge in [0.15, 0.2) is 0 Å². The maximum atomic E-state index is 12.6. The van der Waals surface area contributed by atoms with E-state index in [-0.39, 0.29) is 16.0 Å². The Morgan fingerprint density at radius 2 is 1.77 bits per heavy atom. The number of nitrogens with one attached hydrogen (secondary N) is 1. The molecule has 0 fully saturated rings. The van der Waals surface area contributed by atoms with E-state index >= 15 is 0 Å². The zero-order valence-electron chi connectivity index (χ0n) is 11.2. The maximum Gasteiger partial charge on any atom is 0.340 e. The van der Waals surface area contributed by atoms with Crippen LogP contribution in [0.4, 0.5) is 0 Å². The molecule has 22 heavy (non-hydrogen) atoms. The molecule has 0 radical (unpaired) electrons. The molecule has 2 aromatic carbocycles. The van der Waals surface area contributed by atoms with Crippen molar-refractivity contribution >= 4 is 27.0 Å². The van der Waals surface area contributed by atoms with Crippen LogP contribution in [0, 0.1) is 0 Å². The van der Waals surface area contributed by atoms with Crippen molar-refractivity contribution in [2.24, 2.45) is 5.73 Å². The van der Waals surface area contributed by atoms with Gasteiger partial charge in [-0.2, -0.15) is 3.97 Å². The molecule has 0 atom stereocenters. The molecule has 3 rings (SSSR count). The Kier molecular flexibility index (Phi) is 3.10. The van der Waals surface area contributed by atoms with Gasteiger partial charge >= 0.3 is 5.69 Å². The summed E-state index contributed by atoms with van der Waals surface area (Å²) in [4.78, 5) is 25.7. The lowest BCUT2D eigenvalue weighted by atomic mass is 10.2. The van der Waals surface area contributed by atoms with Crippen molar-refractivity contribution in [3.05, 3.63) is 64.6 Å². The molecule has 3 aromatic rings. The fourth-order valence-electron chi connectivity index (χ4n) is 2.17. The van der Waals surface area contributed by atoms with Crippen LogP contribution >= 0.6 is 0 Å². The summed E-state index contributed by atoms with van der Waals surface area (Å²) in [5, 5.41) is 0. The van der Waals surface area contributed by atoms with Gasteiger partial charge in [-0.05, 0) is 30.3 Å². The van der Waals surface area contributed by atoms with Crippen LogP contribution in [0.25, 0.3) is 11.0 Å². The first-order valence-corrected chi connectivity index (χ1v) is 7.70. The monoisotopic (exact) mass is 317 g/mol. The maximum absolute atomic E-state index is 12.6. The Balaban J connectivity index is 2.35. The number of hydrogen-bond acceptors (Lipinski definition) is 4. The quantitative estimate of drug-likeness (QED) is 0.738. The number of benzene rings is 2. The SMILES string of the molecule is NC(=O)c1ccc2[nH]c(=O)n(S(=O)(=O)c3ccccc3)c2c1. The predicted molar refractivity (Wildman–Crippen MR) is 80.1 cm³/mol. The van der Waals surface area contributed by atoms with Crippen LogP contribution in [0.15, 0.2) is 58.2 Å². The van der Waals surface area contributed by atoms with E-state index < -0.39 is 21.6 Å². The molecule has 0 saturated heterocycles. The van der Waals surface area contributed by atoms with E-state index in [2.05, 4.69) is 4.98 Å². The molecule has 0 bridgehead atoms. The van der Waals surface area contributed by atoms with Gasteiger partial charge in [0.2, 0.25) is 5.91 Å². The number of fused-ring (bicyclic) bond motifs is 1. The lowest BCUT2D eigenvalue weighted by Crippen LogP contribution is -2.25. The van der Waals surface area contributed by atoms with Gasteiger partial charge < -0.3 is 10.7 Å². The first-order chi connectivity index (χ1) is 10.4. The third-order valence-electron chi connectivity index (χ3n) is 3.21. The average Bonchev–Trinajstić information content (AvgIpc) is 2.83. The number of carbonyl (C=O) groups is 1. The van der Waals surface area contributed by atoms with E-state index in [9.17, 15) is 18.0 Å². The minimum atomic E-state index is -4.07. The number of H-pyrrole nitrogens is 1. The molecule has 0 aliphatic carbocycles. The number of aromatic amines is 1. The van der Waals surface area contributed by atoms with Gasteiger partial charge in [0.05, 0.1) is 15.9 Å². The zero-order valence-corrected chi connectivity index (χ0v) is 12.0. The standard InChI is InChI=1S/C14H11N3O4S/c15-13(18)9-6-7-11-12(8-9)17(14(19)16-11)22(20,21)10-4-2-1-3-5-10/h1-8H,(H2,15,18)(H,16,19). The molecule has 8 heteroatoms. The Hall–Kier alpha value is -2.87. The van der Waals surface area contributed by atoms with E-state index in [1.165, 1.54) is 30.3 Å². The van der Waals surface area contributed by atoms with Gasteiger partial charge in [-0.3, -0.25) is 4.79 Å². The van der Waals surface area contributed by atoms with Crippen molar-refractivity contribution in [3.8, 4) is 0 Å². The van der Waals surface area contributed by atoms with Crippen LogP contribution in [-0.4, -0.2) is 23.3 Å². The third kappa shape index (κ3) is 2.09. The molecule has 0 spiro atoms. The van der Waals surface area contributed by atoms with Crippen LogP contribution in [-0.2, 0) is 10.0 Å². The molecule has 0 aliphatic heterocycles. The highest BCUT2D eigenvalue weighted by atomic mass is 32.2. The smallest absolute Gasteiger partial charge is 0.340 e. The molecule has 3 N–H and O–H groups in total. The summed E-state index contributed by atoms with van der Waals surface area (Å²) in [6.45, 7) is 0. The van der Waals surface area contributed by atoms with Gasteiger partial charge in [0.1, 0.15) is 0 Å². The normalized spacial score (nSPS) is 11.6. The second-order valence-corrected chi connectivity index (χ2v) is 6.40. The minimum Gasteiger partial charge on any atom is -0.366 e. The molecular weight excluding hydrogens is 306 g/mol. The lowest BCUT2D eigenvalue weighted by molar-refractivity contribution is 0.100. The molecular formula is C14H11N3O4S. The molecule has 7 nitrogen and oxygen atoms in total. The fraction of sp³-hybridized carbons (Fsp3) is 0. The number of aromatic nitrogens is 2. The highest BCUT2D eigenvalue weighted by molar-refractivity contribution is 7.90. The van der Waals surface area contributed by atoms with E-state index in [4.69, 9.17) is 5.73 Å². The highest BCUT2D eigenvalue weighted by Crippen LogP contribution is 2.19. The van der Waals surface area contributed by atoms with Crippen LogP contribution < -0.4 is 11.4 Å². The Bertz CT molecular complexity index is 1030. The van der Waals surface area contributed by atoms with Crippen LogP contribution in [0.1, 0.15) is 10.4 Å². The first-order valence-electron chi connectivity index (χ1n) is 6.26. The van der Waals surface area contributed by atoms with Crippen molar-refractivity contribution in [1.29, 1.82) is 0 Å². The van der Waals surface area contributed by atoms with Crippen LogP contribution in [0.2, 0.25) is 0 Å². The number of primary amides is 1. The second-order valence-electron chi connectivity index (χ2n) is 4.61. The summed E-state index contributed by atoms with van der Waals surface area (Å²) in [5.74, 6) is -0.709. The Morgan fingerprint density at radius 3 is 2.41 bits per heavy atom. The molecule has 112 valence electrons.